The molecule has 0 aromatic heterocycles. The molecule has 0 saturated carbocycles. The number of aryl methyl sites for hydroxylation is 1. The van der Waals surface area contributed by atoms with Crippen molar-refractivity contribution in [1.82, 2.24) is 0 Å². The molecule has 0 atom stereocenters. The van der Waals surface area contributed by atoms with Gasteiger partial charge >= 0.3 is 16.8 Å². The van der Waals surface area contributed by atoms with Crippen molar-refractivity contribution in [1.29, 1.82) is 0 Å². The maximum absolute atomic E-state index is 11.9. The number of halogens is 3. The van der Waals surface area contributed by atoms with Crippen LogP contribution in [0.25, 0.3) is 0 Å². The Labute approximate surface area is 121 Å². The highest BCUT2D eigenvalue weighted by Gasteiger charge is 2.16. The Morgan fingerprint density at radius 2 is 1.52 bits per heavy atom. The first-order valence-electron chi connectivity index (χ1n) is 5.79. The predicted octanol–water partition coefficient (Wildman–Crippen LogP) is 3.94. The lowest BCUT2D eigenvalue weighted by atomic mass is 10.2. The standard InChI is InChI=1S/C13H12O3S.CHF3/c1-11-6-5-9-13(10-11)17(14,15)16-12-7-3-2-4-8-12;2-1(3)4/h2-10H,1H3;1H. The highest BCUT2D eigenvalue weighted by Crippen LogP contribution is 2.18. The summed E-state index contributed by atoms with van der Waals surface area (Å²) in [5, 5.41) is 0. The van der Waals surface area contributed by atoms with Crippen molar-refractivity contribution in [3.05, 3.63) is 60.2 Å². The second kappa shape index (κ2) is 7.68. The second-order valence-corrected chi connectivity index (χ2v) is 5.46. The number of para-hydroxylation sites is 1. The summed E-state index contributed by atoms with van der Waals surface area (Å²) in [6, 6.07) is 15.1. The molecule has 0 aliphatic heterocycles. The van der Waals surface area contributed by atoms with Gasteiger partial charge < -0.3 is 4.18 Å². The second-order valence-electron chi connectivity index (χ2n) is 3.91. The zero-order chi connectivity index (χ0) is 15.9. The van der Waals surface area contributed by atoms with Gasteiger partial charge in [-0.2, -0.15) is 21.6 Å². The fraction of sp³-hybridized carbons (Fsp3) is 0.143. The summed E-state index contributed by atoms with van der Waals surface area (Å²) in [4.78, 5) is 0.168. The lowest BCUT2D eigenvalue weighted by Gasteiger charge is -2.07. The molecule has 0 bridgehead atoms. The van der Waals surface area contributed by atoms with Gasteiger partial charge in [0.1, 0.15) is 10.6 Å². The first kappa shape index (κ1) is 17.0. The SMILES string of the molecule is Cc1cccc(S(=O)(=O)Oc2ccccc2)c1.FC(F)F. The number of hydrogen-bond acceptors (Lipinski definition) is 3. The summed E-state index contributed by atoms with van der Waals surface area (Å²) in [6.07, 6.45) is 0. The first-order valence-corrected chi connectivity index (χ1v) is 7.20. The van der Waals surface area contributed by atoms with Gasteiger partial charge in [-0.25, -0.2) is 0 Å². The Hall–Kier alpha value is -2.02. The van der Waals surface area contributed by atoms with Crippen LogP contribution in [0, 0.1) is 6.92 Å². The van der Waals surface area contributed by atoms with Crippen LogP contribution in [-0.2, 0) is 10.1 Å². The molecular formula is C14H13F3O3S. The van der Waals surface area contributed by atoms with Gasteiger partial charge in [-0.05, 0) is 36.8 Å². The zero-order valence-electron chi connectivity index (χ0n) is 11.0. The third-order valence-electron chi connectivity index (χ3n) is 2.23. The predicted molar refractivity (Wildman–Crippen MR) is 72.5 cm³/mol. The van der Waals surface area contributed by atoms with Crippen molar-refractivity contribution in [3.8, 4) is 5.75 Å². The minimum Gasteiger partial charge on any atom is -0.379 e. The molecule has 0 radical (unpaired) electrons. The molecule has 2 aromatic carbocycles. The normalized spacial score (nSPS) is 10.7. The monoisotopic (exact) mass is 318 g/mol. The molecule has 0 heterocycles. The smallest absolute Gasteiger partial charge is 0.379 e. The Bertz CT molecular complexity index is 655. The van der Waals surface area contributed by atoms with E-state index in [1.54, 1.807) is 42.5 Å². The van der Waals surface area contributed by atoms with Gasteiger partial charge in [0.25, 0.3) is 0 Å². The summed E-state index contributed by atoms with van der Waals surface area (Å²) in [7, 11) is -3.74. The van der Waals surface area contributed by atoms with Gasteiger partial charge in [0.05, 0.1) is 0 Å². The van der Waals surface area contributed by atoms with E-state index in [9.17, 15) is 21.6 Å². The van der Waals surface area contributed by atoms with Gasteiger partial charge in [-0.15, -0.1) is 0 Å². The van der Waals surface area contributed by atoms with Crippen molar-refractivity contribution in [2.24, 2.45) is 0 Å². The largest absolute Gasteiger partial charge is 0.379 e. The number of alkyl halides is 3. The molecule has 0 N–H and O–H groups in total. The molecule has 7 heteroatoms. The van der Waals surface area contributed by atoms with Gasteiger partial charge in [0.15, 0.2) is 0 Å². The molecule has 2 aromatic rings. The Morgan fingerprint density at radius 3 is 2.05 bits per heavy atom. The first-order chi connectivity index (χ1) is 9.81. The molecule has 0 amide bonds. The van der Waals surface area contributed by atoms with Gasteiger partial charge in [0, 0.05) is 0 Å². The summed E-state index contributed by atoms with van der Waals surface area (Å²) < 4.78 is 57.9. The maximum atomic E-state index is 11.9. The number of benzene rings is 2. The minimum absolute atomic E-state index is 0.168. The van der Waals surface area contributed by atoms with Crippen LogP contribution in [0.4, 0.5) is 13.2 Å². The Balaban J connectivity index is 0.000000491. The van der Waals surface area contributed by atoms with Crippen LogP contribution in [-0.4, -0.2) is 15.1 Å². The highest BCUT2D eigenvalue weighted by molar-refractivity contribution is 7.87. The van der Waals surface area contributed by atoms with Crippen LogP contribution in [0.3, 0.4) is 0 Å². The van der Waals surface area contributed by atoms with Crippen LogP contribution in [0.1, 0.15) is 5.56 Å². The average Bonchev–Trinajstić information content (AvgIpc) is 2.39. The van der Waals surface area contributed by atoms with Crippen LogP contribution in [0.2, 0.25) is 0 Å². The quantitative estimate of drug-likeness (QED) is 0.805. The van der Waals surface area contributed by atoms with Crippen molar-refractivity contribution in [3.63, 3.8) is 0 Å². The van der Waals surface area contributed by atoms with Crippen molar-refractivity contribution >= 4 is 10.1 Å². The van der Waals surface area contributed by atoms with E-state index >= 15 is 0 Å². The molecule has 0 aliphatic carbocycles. The molecule has 0 spiro atoms. The average molecular weight is 318 g/mol. The fourth-order valence-corrected chi connectivity index (χ4v) is 2.46. The molecule has 0 aliphatic rings. The zero-order valence-corrected chi connectivity index (χ0v) is 11.9. The van der Waals surface area contributed by atoms with Crippen LogP contribution in [0.15, 0.2) is 59.5 Å². The van der Waals surface area contributed by atoms with Gasteiger partial charge in [-0.1, -0.05) is 30.3 Å². The van der Waals surface area contributed by atoms with E-state index in [0.29, 0.717) is 5.75 Å². The van der Waals surface area contributed by atoms with Crippen molar-refractivity contribution < 1.29 is 25.8 Å². The van der Waals surface area contributed by atoms with E-state index in [1.165, 1.54) is 6.07 Å². The fourth-order valence-electron chi connectivity index (χ4n) is 1.42. The van der Waals surface area contributed by atoms with Crippen LogP contribution >= 0.6 is 0 Å². The molecule has 0 unspecified atom stereocenters. The molecule has 114 valence electrons. The molecule has 2 rings (SSSR count). The van der Waals surface area contributed by atoms with Crippen LogP contribution in [0.5, 0.6) is 5.75 Å². The third-order valence-corrected chi connectivity index (χ3v) is 3.47. The number of hydrogen-bond donors (Lipinski definition) is 0. The van der Waals surface area contributed by atoms with E-state index in [1.807, 2.05) is 13.0 Å². The molecular weight excluding hydrogens is 305 g/mol. The molecule has 0 saturated heterocycles. The summed E-state index contributed by atoms with van der Waals surface area (Å²) in [5.41, 5.74) is 0.878. The highest BCUT2D eigenvalue weighted by atomic mass is 32.2. The van der Waals surface area contributed by atoms with Crippen LogP contribution < -0.4 is 4.18 Å². The Morgan fingerprint density at radius 1 is 0.952 bits per heavy atom. The van der Waals surface area contributed by atoms with E-state index < -0.39 is 16.8 Å². The molecule has 0 fully saturated rings. The number of rotatable bonds is 3. The summed E-state index contributed by atoms with van der Waals surface area (Å²) >= 11 is 0. The maximum Gasteiger partial charge on any atom is 0.379 e. The van der Waals surface area contributed by atoms with Crippen molar-refractivity contribution in [2.45, 2.75) is 18.5 Å². The topological polar surface area (TPSA) is 43.4 Å². The molecule has 3 nitrogen and oxygen atoms in total. The van der Waals surface area contributed by atoms with E-state index in [2.05, 4.69) is 0 Å². The van der Waals surface area contributed by atoms with E-state index in [-0.39, 0.29) is 4.90 Å². The van der Waals surface area contributed by atoms with Crippen molar-refractivity contribution in [2.75, 3.05) is 0 Å². The summed E-state index contributed by atoms with van der Waals surface area (Å²) in [6.45, 7) is -1.83. The van der Waals surface area contributed by atoms with Gasteiger partial charge in [0.2, 0.25) is 0 Å². The Kier molecular flexibility index (Phi) is 6.23. The van der Waals surface area contributed by atoms with Gasteiger partial charge in [-0.3, -0.25) is 0 Å². The summed E-state index contributed by atoms with van der Waals surface area (Å²) in [5.74, 6) is 0.314. The third kappa shape index (κ3) is 6.31. The van der Waals surface area contributed by atoms with E-state index in [4.69, 9.17) is 4.18 Å². The lowest BCUT2D eigenvalue weighted by Crippen LogP contribution is -2.09. The lowest BCUT2D eigenvalue weighted by molar-refractivity contribution is 0.00819. The molecule has 21 heavy (non-hydrogen) atoms. The minimum atomic E-state index is -3.74. The van der Waals surface area contributed by atoms with E-state index in [0.717, 1.165) is 5.56 Å².